The molecule has 0 radical (unpaired) electrons. The minimum absolute atomic E-state index is 0.207. The molecular weight excluding hydrogens is 622 g/mol. The second-order valence-corrected chi connectivity index (χ2v) is 15.2. The number of halogens is 1. The number of methoxy groups -OCH3 is 1. The first-order valence-electron chi connectivity index (χ1n) is 15.8. The first-order valence-corrected chi connectivity index (χ1v) is 17.7. The molecule has 0 saturated carbocycles. The maximum atomic E-state index is 13.2. The van der Waals surface area contributed by atoms with E-state index in [1.54, 1.807) is 57.4 Å². The van der Waals surface area contributed by atoms with Crippen molar-refractivity contribution in [1.82, 2.24) is 19.8 Å². The number of hydrogen-bond acceptors (Lipinski definition) is 10. The molecule has 3 heterocycles. The number of nitrogens with zero attached hydrogens (tertiary/aromatic N) is 5. The van der Waals surface area contributed by atoms with Crippen LogP contribution in [0, 0.1) is 0 Å². The number of benzene rings is 3. The van der Waals surface area contributed by atoms with Crippen molar-refractivity contribution in [2.75, 3.05) is 69.0 Å². The van der Waals surface area contributed by atoms with Gasteiger partial charge >= 0.3 is 0 Å². The van der Waals surface area contributed by atoms with Crippen molar-refractivity contribution in [3.05, 3.63) is 65.7 Å². The molecule has 0 amide bonds. The highest BCUT2D eigenvalue weighted by atomic mass is 35.5. The molecule has 2 aliphatic rings. The summed E-state index contributed by atoms with van der Waals surface area (Å²) in [5, 5.41) is 7.21. The smallest absolute Gasteiger partial charge is 0.229 e. The molecule has 0 aliphatic carbocycles. The lowest BCUT2D eigenvalue weighted by atomic mass is 10.0. The van der Waals surface area contributed by atoms with E-state index in [1.807, 2.05) is 12.1 Å². The highest BCUT2D eigenvalue weighted by Crippen LogP contribution is 2.36. The highest BCUT2D eigenvalue weighted by molar-refractivity contribution is 7.92. The normalized spacial score (nSPS) is 17.0. The number of rotatable bonds is 9. The third kappa shape index (κ3) is 6.88. The van der Waals surface area contributed by atoms with E-state index < -0.39 is 15.1 Å². The number of likely N-dealkylation sites (N-methyl/N-ethyl adjacent to an activating group) is 1. The number of nitrogens with one attached hydrogen (secondary N) is 2. The van der Waals surface area contributed by atoms with Crippen LogP contribution in [0.25, 0.3) is 10.9 Å². The average molecular weight is 664 g/mol. The van der Waals surface area contributed by atoms with Crippen molar-refractivity contribution < 1.29 is 13.2 Å². The summed E-state index contributed by atoms with van der Waals surface area (Å²) in [6.07, 6.45) is 2.30. The zero-order chi connectivity index (χ0) is 32.4. The number of piperidine rings is 1. The molecule has 4 aromatic rings. The summed E-state index contributed by atoms with van der Waals surface area (Å²) in [7, 11) is 0.306. The number of para-hydroxylation sites is 1. The van der Waals surface area contributed by atoms with Crippen LogP contribution in [0.4, 0.5) is 28.8 Å². The van der Waals surface area contributed by atoms with E-state index in [2.05, 4.69) is 44.5 Å². The Morgan fingerprint density at radius 1 is 0.891 bits per heavy atom. The highest BCUT2D eigenvalue weighted by Gasteiger charge is 2.27. The Morgan fingerprint density at radius 3 is 2.35 bits per heavy atom. The van der Waals surface area contributed by atoms with Gasteiger partial charge in [-0.3, -0.25) is 4.90 Å². The molecule has 3 aromatic carbocycles. The second-order valence-electron chi connectivity index (χ2n) is 12.3. The van der Waals surface area contributed by atoms with E-state index in [0.29, 0.717) is 45.2 Å². The van der Waals surface area contributed by atoms with E-state index >= 15 is 0 Å². The molecule has 0 atom stereocenters. The first-order chi connectivity index (χ1) is 22.1. The Kier molecular flexibility index (Phi) is 9.56. The first kappa shape index (κ1) is 32.3. The number of fused-ring (bicyclic) bond motifs is 1. The minimum Gasteiger partial charge on any atom is -0.494 e. The number of ether oxygens (including phenoxy) is 1. The summed E-state index contributed by atoms with van der Waals surface area (Å²) in [6.45, 7) is 9.95. The number of anilines is 5. The van der Waals surface area contributed by atoms with Crippen molar-refractivity contribution >= 4 is 61.2 Å². The fraction of sp³-hybridized carbons (Fsp3) is 0.412. The van der Waals surface area contributed by atoms with E-state index in [4.69, 9.17) is 26.3 Å². The lowest BCUT2D eigenvalue weighted by Gasteiger charge is -2.42. The number of piperazine rings is 1. The van der Waals surface area contributed by atoms with Gasteiger partial charge in [0, 0.05) is 67.5 Å². The molecule has 2 fully saturated rings. The summed E-state index contributed by atoms with van der Waals surface area (Å²) in [6, 6.07) is 19.0. The molecule has 244 valence electrons. The van der Waals surface area contributed by atoms with Crippen molar-refractivity contribution in [2.24, 2.45) is 0 Å². The van der Waals surface area contributed by atoms with Gasteiger partial charge in [-0.05, 0) is 76.2 Å². The number of hydrogen-bond donors (Lipinski definition) is 2. The molecule has 1 aromatic heterocycles. The third-order valence-electron chi connectivity index (χ3n) is 9.04. The average Bonchev–Trinajstić information content (AvgIpc) is 3.06. The molecule has 0 spiro atoms. The maximum absolute atomic E-state index is 13.2. The molecule has 2 N–H and O–H groups in total. The Labute approximate surface area is 276 Å². The monoisotopic (exact) mass is 663 g/mol. The Morgan fingerprint density at radius 2 is 1.63 bits per heavy atom. The van der Waals surface area contributed by atoms with Crippen LogP contribution in [0.3, 0.4) is 0 Å². The van der Waals surface area contributed by atoms with Gasteiger partial charge in [0.2, 0.25) is 5.95 Å². The Hall–Kier alpha value is -3.64. The standard InChI is InChI=1S/C34H42ClN7O3S/c1-23(2)46(43,44)32-8-6-5-7-30(32)36-33-27-21-24(35)9-11-28(27)37-34(39-33)38-29-12-10-26(22-31(29)45-4)41-15-13-25(14-16-41)42-19-17-40(3)18-20-42/h5-12,21-23,25H,13-20H2,1-4H3,(H2,36,37,38,39). The van der Waals surface area contributed by atoms with Crippen molar-refractivity contribution in [3.8, 4) is 5.75 Å². The van der Waals surface area contributed by atoms with Crippen molar-refractivity contribution in [2.45, 2.75) is 42.9 Å². The van der Waals surface area contributed by atoms with Crippen LogP contribution in [-0.2, 0) is 9.84 Å². The number of aromatic nitrogens is 2. The van der Waals surface area contributed by atoms with Crippen LogP contribution in [0.1, 0.15) is 26.7 Å². The number of sulfone groups is 1. The zero-order valence-electron chi connectivity index (χ0n) is 26.8. The van der Waals surface area contributed by atoms with Gasteiger partial charge < -0.3 is 25.2 Å². The summed E-state index contributed by atoms with van der Waals surface area (Å²) in [5.74, 6) is 1.45. The van der Waals surface area contributed by atoms with E-state index in [-0.39, 0.29) is 4.90 Å². The van der Waals surface area contributed by atoms with Crippen molar-refractivity contribution in [3.63, 3.8) is 0 Å². The fourth-order valence-electron chi connectivity index (χ4n) is 6.23. The van der Waals surface area contributed by atoms with Gasteiger partial charge in [-0.2, -0.15) is 4.98 Å². The topological polar surface area (TPSA) is 103 Å². The predicted molar refractivity (Wildman–Crippen MR) is 187 cm³/mol. The van der Waals surface area contributed by atoms with Gasteiger partial charge in [-0.25, -0.2) is 13.4 Å². The largest absolute Gasteiger partial charge is 0.494 e. The summed E-state index contributed by atoms with van der Waals surface area (Å²) in [5.41, 5.74) is 2.92. The molecule has 12 heteroatoms. The molecule has 6 rings (SSSR count). The lowest BCUT2D eigenvalue weighted by Crippen LogP contribution is -2.52. The summed E-state index contributed by atoms with van der Waals surface area (Å²) in [4.78, 5) is 17.2. The quantitative estimate of drug-likeness (QED) is 0.216. The summed E-state index contributed by atoms with van der Waals surface area (Å²) < 4.78 is 32.1. The van der Waals surface area contributed by atoms with E-state index in [1.165, 1.54) is 0 Å². The molecule has 2 aliphatic heterocycles. The van der Waals surface area contributed by atoms with E-state index in [0.717, 1.165) is 63.5 Å². The summed E-state index contributed by atoms with van der Waals surface area (Å²) >= 11 is 6.36. The molecule has 10 nitrogen and oxygen atoms in total. The SMILES string of the molecule is COc1cc(N2CCC(N3CCN(C)CC3)CC2)ccc1Nc1nc(Nc2ccccc2S(=O)(=O)C(C)C)c2cc(Cl)ccc2n1. The van der Waals surface area contributed by atoms with Crippen LogP contribution in [-0.4, -0.2) is 92.9 Å². The zero-order valence-corrected chi connectivity index (χ0v) is 28.4. The van der Waals surface area contributed by atoms with Crippen LogP contribution >= 0.6 is 11.6 Å². The Bertz CT molecular complexity index is 1800. The molecular formula is C34H42ClN7O3S. The van der Waals surface area contributed by atoms with Crippen LogP contribution in [0.5, 0.6) is 5.75 Å². The lowest BCUT2D eigenvalue weighted by molar-refractivity contribution is 0.0982. The van der Waals surface area contributed by atoms with Gasteiger partial charge in [-0.15, -0.1) is 0 Å². The molecule has 2 saturated heterocycles. The van der Waals surface area contributed by atoms with Gasteiger partial charge in [0.15, 0.2) is 9.84 Å². The fourth-order valence-corrected chi connectivity index (χ4v) is 7.60. The molecule has 0 bridgehead atoms. The molecule has 46 heavy (non-hydrogen) atoms. The van der Waals surface area contributed by atoms with Crippen LogP contribution in [0.15, 0.2) is 65.6 Å². The van der Waals surface area contributed by atoms with Gasteiger partial charge in [0.1, 0.15) is 11.6 Å². The molecule has 0 unspecified atom stereocenters. The maximum Gasteiger partial charge on any atom is 0.229 e. The van der Waals surface area contributed by atoms with E-state index in [9.17, 15) is 8.42 Å². The second kappa shape index (κ2) is 13.6. The van der Waals surface area contributed by atoms with Gasteiger partial charge in [-0.1, -0.05) is 23.7 Å². The van der Waals surface area contributed by atoms with Crippen LogP contribution in [0.2, 0.25) is 5.02 Å². The minimum atomic E-state index is -3.55. The van der Waals surface area contributed by atoms with Gasteiger partial charge in [0.25, 0.3) is 0 Å². The Balaban J connectivity index is 1.24. The predicted octanol–water partition coefficient (Wildman–Crippen LogP) is 6.18. The van der Waals surface area contributed by atoms with Crippen LogP contribution < -0.4 is 20.3 Å². The third-order valence-corrected chi connectivity index (χ3v) is 11.5. The van der Waals surface area contributed by atoms with Gasteiger partial charge in [0.05, 0.1) is 34.1 Å². The van der Waals surface area contributed by atoms with Crippen molar-refractivity contribution in [1.29, 1.82) is 0 Å².